The Morgan fingerprint density at radius 3 is 2.00 bits per heavy atom. The first-order valence-electron chi connectivity index (χ1n) is 8.21. The van der Waals surface area contributed by atoms with Crippen molar-refractivity contribution in [2.24, 2.45) is 0 Å². The number of hydrogen-bond donors (Lipinski definition) is 0. The van der Waals surface area contributed by atoms with Gasteiger partial charge in [-0.25, -0.2) is 5.06 Å². The molecule has 3 aromatic carbocycles. The lowest BCUT2D eigenvalue weighted by molar-refractivity contribution is 0.113. The van der Waals surface area contributed by atoms with Crippen molar-refractivity contribution in [2.75, 3.05) is 12.2 Å². The van der Waals surface area contributed by atoms with E-state index in [1.807, 2.05) is 84.9 Å². The first-order valence-corrected chi connectivity index (χ1v) is 8.21. The Labute approximate surface area is 147 Å². The van der Waals surface area contributed by atoms with Crippen LogP contribution in [0.1, 0.15) is 16.7 Å². The highest BCUT2D eigenvalue weighted by Crippen LogP contribution is 2.45. The number of hydroxylamine groups is 1. The van der Waals surface area contributed by atoms with E-state index in [-0.39, 0.29) is 0 Å². The lowest BCUT2D eigenvalue weighted by atomic mass is 9.79. The predicted octanol–water partition coefficient (Wildman–Crippen LogP) is 4.82. The normalized spacial score (nSPS) is 14.9. The van der Waals surface area contributed by atoms with Gasteiger partial charge in [-0.15, -0.1) is 0 Å². The van der Waals surface area contributed by atoms with E-state index >= 15 is 0 Å². The lowest BCUT2D eigenvalue weighted by Crippen LogP contribution is -2.44. The summed E-state index contributed by atoms with van der Waals surface area (Å²) in [6.45, 7) is 0. The number of hydrogen-bond acceptors (Lipinski definition) is 2. The van der Waals surface area contributed by atoms with Gasteiger partial charge in [0.15, 0.2) is 0 Å². The molecule has 0 saturated heterocycles. The molecule has 0 N–H and O–H groups in total. The van der Waals surface area contributed by atoms with E-state index in [9.17, 15) is 5.21 Å². The highest BCUT2D eigenvalue weighted by atomic mass is 16.5. The maximum atomic E-state index is 13.6. The van der Waals surface area contributed by atoms with Crippen LogP contribution in [0.25, 0.3) is 6.08 Å². The molecule has 0 amide bonds. The SMILES string of the molecule is COc1ccc2c(c1)N([O])C(c1ccccc1)(c1ccccc1)C=C2. The largest absolute Gasteiger partial charge is 0.497 e. The summed E-state index contributed by atoms with van der Waals surface area (Å²) in [6, 6.07) is 25.3. The van der Waals surface area contributed by atoms with Gasteiger partial charge in [-0.2, -0.15) is 0 Å². The van der Waals surface area contributed by atoms with Gasteiger partial charge in [0.25, 0.3) is 0 Å². The molecule has 0 bridgehead atoms. The minimum absolute atomic E-state index is 0.606. The molecule has 3 heteroatoms. The summed E-state index contributed by atoms with van der Waals surface area (Å²) in [5.74, 6) is 0.671. The Morgan fingerprint density at radius 2 is 1.44 bits per heavy atom. The molecule has 0 fully saturated rings. The Bertz CT molecular complexity index is 864. The summed E-state index contributed by atoms with van der Waals surface area (Å²) in [5, 5.41) is 14.7. The number of rotatable bonds is 3. The van der Waals surface area contributed by atoms with Crippen molar-refractivity contribution in [3.05, 3.63) is 102 Å². The van der Waals surface area contributed by atoms with Crippen LogP contribution in [0.5, 0.6) is 5.75 Å². The van der Waals surface area contributed by atoms with Gasteiger partial charge in [-0.05, 0) is 29.3 Å². The van der Waals surface area contributed by atoms with Crippen LogP contribution < -0.4 is 9.80 Å². The second-order valence-corrected chi connectivity index (χ2v) is 6.05. The number of fused-ring (bicyclic) bond motifs is 1. The smallest absolute Gasteiger partial charge is 0.139 e. The van der Waals surface area contributed by atoms with E-state index in [0.29, 0.717) is 11.4 Å². The minimum atomic E-state index is -0.901. The summed E-state index contributed by atoms with van der Waals surface area (Å²) in [4.78, 5) is 0. The fraction of sp³-hybridized carbons (Fsp3) is 0.0909. The average Bonchev–Trinajstić information content (AvgIpc) is 2.70. The minimum Gasteiger partial charge on any atom is -0.497 e. The zero-order valence-corrected chi connectivity index (χ0v) is 13.9. The van der Waals surface area contributed by atoms with E-state index < -0.39 is 5.54 Å². The van der Waals surface area contributed by atoms with E-state index in [2.05, 4.69) is 0 Å². The van der Waals surface area contributed by atoms with Crippen molar-refractivity contribution in [1.82, 2.24) is 0 Å². The molecule has 1 radical (unpaired) electrons. The average molecular weight is 328 g/mol. The quantitative estimate of drug-likeness (QED) is 0.690. The van der Waals surface area contributed by atoms with Crippen LogP contribution in [0.2, 0.25) is 0 Å². The zero-order chi connectivity index (χ0) is 17.3. The molecular formula is C22H18NO2. The van der Waals surface area contributed by atoms with Gasteiger partial charge in [0.05, 0.1) is 12.8 Å². The van der Waals surface area contributed by atoms with Crippen molar-refractivity contribution in [3.8, 4) is 5.75 Å². The first kappa shape index (κ1) is 15.5. The predicted molar refractivity (Wildman–Crippen MR) is 98.9 cm³/mol. The molecule has 0 spiro atoms. The van der Waals surface area contributed by atoms with Crippen LogP contribution in [-0.2, 0) is 10.7 Å². The monoisotopic (exact) mass is 328 g/mol. The Hall–Kier alpha value is -3.04. The van der Waals surface area contributed by atoms with Crippen LogP contribution in [-0.4, -0.2) is 7.11 Å². The molecular weight excluding hydrogens is 310 g/mol. The van der Waals surface area contributed by atoms with Gasteiger partial charge in [0.1, 0.15) is 11.3 Å². The van der Waals surface area contributed by atoms with Gasteiger partial charge in [0, 0.05) is 11.6 Å². The number of anilines is 1. The highest BCUT2D eigenvalue weighted by Gasteiger charge is 2.42. The van der Waals surface area contributed by atoms with Gasteiger partial charge in [-0.3, -0.25) is 0 Å². The fourth-order valence-electron chi connectivity index (χ4n) is 3.41. The summed E-state index contributed by atoms with van der Waals surface area (Å²) in [6.07, 6.45) is 4.00. The van der Waals surface area contributed by atoms with Crippen molar-refractivity contribution < 1.29 is 9.94 Å². The van der Waals surface area contributed by atoms with E-state index in [4.69, 9.17) is 4.74 Å². The molecule has 1 aliphatic heterocycles. The van der Waals surface area contributed by atoms with Crippen molar-refractivity contribution >= 4 is 11.8 Å². The molecule has 0 unspecified atom stereocenters. The van der Waals surface area contributed by atoms with E-state index in [0.717, 1.165) is 21.8 Å². The second-order valence-electron chi connectivity index (χ2n) is 6.05. The fourth-order valence-corrected chi connectivity index (χ4v) is 3.41. The first-order chi connectivity index (χ1) is 12.3. The summed E-state index contributed by atoms with van der Waals surface area (Å²) < 4.78 is 5.32. The van der Waals surface area contributed by atoms with Gasteiger partial charge >= 0.3 is 0 Å². The standard InChI is InChI=1S/C22H18NO2/c1-25-20-13-12-17-14-15-22(23(24)21(17)16-20,18-8-4-2-5-9-18)19-10-6-3-7-11-19/h2-16H,1H3. The molecule has 1 heterocycles. The zero-order valence-electron chi connectivity index (χ0n) is 13.9. The van der Waals surface area contributed by atoms with Crippen LogP contribution >= 0.6 is 0 Å². The van der Waals surface area contributed by atoms with Gasteiger partial charge in [-0.1, -0.05) is 71.9 Å². The number of nitrogens with zero attached hydrogens (tertiary/aromatic N) is 1. The third kappa shape index (κ3) is 2.41. The Morgan fingerprint density at radius 1 is 0.840 bits per heavy atom. The van der Waals surface area contributed by atoms with Crippen LogP contribution in [0, 0.1) is 0 Å². The maximum Gasteiger partial charge on any atom is 0.139 e. The molecule has 123 valence electrons. The van der Waals surface area contributed by atoms with Crippen LogP contribution in [0.15, 0.2) is 84.9 Å². The lowest BCUT2D eigenvalue weighted by Gasteiger charge is -2.41. The summed E-state index contributed by atoms with van der Waals surface area (Å²) in [7, 11) is 1.61. The molecule has 1 aliphatic rings. The van der Waals surface area contributed by atoms with Gasteiger partial charge < -0.3 is 4.74 Å². The van der Waals surface area contributed by atoms with Crippen molar-refractivity contribution in [2.45, 2.75) is 5.54 Å². The number of methoxy groups -OCH3 is 1. The molecule has 0 aliphatic carbocycles. The third-order valence-corrected chi connectivity index (χ3v) is 4.71. The van der Waals surface area contributed by atoms with Crippen LogP contribution in [0.4, 0.5) is 5.69 Å². The molecule has 25 heavy (non-hydrogen) atoms. The molecule has 4 rings (SSSR count). The number of ether oxygens (including phenoxy) is 1. The van der Waals surface area contributed by atoms with Gasteiger partial charge in [0.2, 0.25) is 0 Å². The molecule has 0 aromatic heterocycles. The molecule has 0 saturated carbocycles. The number of benzene rings is 3. The van der Waals surface area contributed by atoms with Crippen LogP contribution in [0.3, 0.4) is 0 Å². The topological polar surface area (TPSA) is 32.4 Å². The third-order valence-electron chi connectivity index (χ3n) is 4.71. The Balaban J connectivity index is 1.97. The van der Waals surface area contributed by atoms with E-state index in [1.165, 1.54) is 0 Å². The maximum absolute atomic E-state index is 13.6. The highest BCUT2D eigenvalue weighted by molar-refractivity contribution is 5.76. The molecule has 3 aromatic rings. The van der Waals surface area contributed by atoms with Crippen molar-refractivity contribution in [3.63, 3.8) is 0 Å². The summed E-state index contributed by atoms with van der Waals surface area (Å²) >= 11 is 0. The summed E-state index contributed by atoms with van der Waals surface area (Å²) in [5.41, 5.74) is 2.46. The van der Waals surface area contributed by atoms with Crippen molar-refractivity contribution in [1.29, 1.82) is 0 Å². The second kappa shape index (κ2) is 6.11. The Kier molecular flexibility index (Phi) is 3.79. The van der Waals surface area contributed by atoms with E-state index in [1.54, 1.807) is 13.2 Å². The molecule has 0 atom stereocenters. The molecule has 3 nitrogen and oxygen atoms in total.